The summed E-state index contributed by atoms with van der Waals surface area (Å²) >= 11 is 7.88. The topological polar surface area (TPSA) is 26.0 Å². The zero-order chi connectivity index (χ0) is 14.7. The molecule has 0 saturated heterocycles. The van der Waals surface area contributed by atoms with Gasteiger partial charge in [-0.05, 0) is 46.3 Å². The number of benzene rings is 2. The lowest BCUT2D eigenvalue weighted by Gasteiger charge is -2.14. The fourth-order valence-electron chi connectivity index (χ4n) is 1.71. The summed E-state index contributed by atoms with van der Waals surface area (Å²) in [5, 5.41) is 0. The minimum absolute atomic E-state index is 0.0816. The highest BCUT2D eigenvalue weighted by Crippen LogP contribution is 2.30. The van der Waals surface area contributed by atoms with Crippen LogP contribution >= 0.6 is 43.6 Å². The van der Waals surface area contributed by atoms with E-state index < -0.39 is 17.7 Å². The van der Waals surface area contributed by atoms with Crippen LogP contribution in [-0.2, 0) is 0 Å². The predicted octanol–water partition coefficient (Wildman–Crippen LogP) is 5.28. The van der Waals surface area contributed by atoms with Crippen LogP contribution in [0.3, 0.4) is 0 Å². The van der Waals surface area contributed by atoms with E-state index in [0.29, 0.717) is 5.75 Å². The molecule has 2 aromatic rings. The first-order valence-electron chi connectivity index (χ1n) is 5.76. The Morgan fingerprint density at radius 2 is 1.90 bits per heavy atom. The van der Waals surface area contributed by atoms with Gasteiger partial charge in [-0.25, -0.2) is 8.78 Å². The van der Waals surface area contributed by atoms with Crippen LogP contribution in [0.5, 0.6) is 0 Å². The quantitative estimate of drug-likeness (QED) is 0.535. The molecule has 0 aliphatic heterocycles. The van der Waals surface area contributed by atoms with E-state index in [4.69, 9.17) is 5.73 Å². The molecule has 0 aliphatic carbocycles. The molecule has 2 aromatic carbocycles. The molecule has 0 heterocycles. The maximum absolute atomic E-state index is 13.9. The van der Waals surface area contributed by atoms with Crippen molar-refractivity contribution in [2.45, 2.75) is 10.9 Å². The predicted molar refractivity (Wildman–Crippen MR) is 85.9 cm³/mol. The van der Waals surface area contributed by atoms with Crippen molar-refractivity contribution in [1.82, 2.24) is 0 Å². The molecule has 1 unspecified atom stereocenters. The molecule has 0 aliphatic rings. The summed E-state index contributed by atoms with van der Waals surface area (Å²) in [6.07, 6.45) is 0. The third-order valence-electron chi connectivity index (χ3n) is 2.68. The second kappa shape index (κ2) is 7.02. The molecule has 6 heteroatoms. The Hall–Kier alpha value is -0.430. The third-order valence-corrected chi connectivity index (χ3v) is 4.89. The maximum atomic E-state index is 13.9. The summed E-state index contributed by atoms with van der Waals surface area (Å²) in [6.45, 7) is 0. The van der Waals surface area contributed by atoms with Crippen molar-refractivity contribution in [3.8, 4) is 0 Å². The summed E-state index contributed by atoms with van der Waals surface area (Å²) in [5.41, 5.74) is 5.84. The van der Waals surface area contributed by atoms with E-state index in [9.17, 15) is 8.78 Å². The summed E-state index contributed by atoms with van der Waals surface area (Å²) in [5.74, 6) is -0.860. The summed E-state index contributed by atoms with van der Waals surface area (Å²) < 4.78 is 28.8. The Balaban J connectivity index is 2.13. The van der Waals surface area contributed by atoms with Gasteiger partial charge in [-0.1, -0.05) is 22.0 Å². The average molecular weight is 423 g/mol. The molecule has 106 valence electrons. The third kappa shape index (κ3) is 3.81. The van der Waals surface area contributed by atoms with Crippen molar-refractivity contribution >= 4 is 43.6 Å². The highest BCUT2D eigenvalue weighted by Gasteiger charge is 2.19. The number of thioether (sulfide) groups is 1. The van der Waals surface area contributed by atoms with E-state index >= 15 is 0 Å². The molecule has 0 radical (unpaired) electrons. The molecule has 0 bridgehead atoms. The maximum Gasteiger partial charge on any atom is 0.145 e. The van der Waals surface area contributed by atoms with Crippen LogP contribution in [0.15, 0.2) is 50.2 Å². The minimum atomic E-state index is -0.712. The van der Waals surface area contributed by atoms with Crippen LogP contribution in [0.25, 0.3) is 0 Å². The molecule has 0 spiro atoms. The standard InChI is InChI=1S/C14H11Br2F2NS/c15-8-2-1-3-9(6-8)20-7-12(19)13-11(17)5-4-10(16)14(13)18/h1-6,12H,7,19H2. The Kier molecular flexibility index (Phi) is 5.60. The van der Waals surface area contributed by atoms with Crippen LogP contribution in [0.4, 0.5) is 8.78 Å². The Morgan fingerprint density at radius 1 is 1.15 bits per heavy atom. The number of halogens is 4. The Labute approximate surface area is 137 Å². The lowest BCUT2D eigenvalue weighted by Crippen LogP contribution is -2.17. The van der Waals surface area contributed by atoms with Gasteiger partial charge < -0.3 is 5.73 Å². The Morgan fingerprint density at radius 3 is 2.60 bits per heavy atom. The summed E-state index contributed by atoms with van der Waals surface area (Å²) in [6, 6.07) is 9.52. The Bertz CT molecular complexity index is 622. The lowest BCUT2D eigenvalue weighted by atomic mass is 10.1. The summed E-state index contributed by atoms with van der Waals surface area (Å²) in [4.78, 5) is 0.991. The smallest absolute Gasteiger partial charge is 0.145 e. The molecule has 0 saturated carbocycles. The van der Waals surface area contributed by atoms with Crippen LogP contribution in [0, 0.1) is 11.6 Å². The molecule has 1 nitrogen and oxygen atoms in total. The van der Waals surface area contributed by atoms with E-state index in [1.54, 1.807) is 0 Å². The average Bonchev–Trinajstić information content (AvgIpc) is 2.41. The molecule has 20 heavy (non-hydrogen) atoms. The second-order valence-corrected chi connectivity index (χ2v) is 7.00. The van der Waals surface area contributed by atoms with Crippen molar-refractivity contribution in [3.63, 3.8) is 0 Å². The van der Waals surface area contributed by atoms with Crippen molar-refractivity contribution < 1.29 is 8.78 Å². The molecule has 2 rings (SSSR count). The van der Waals surface area contributed by atoms with Crippen LogP contribution in [0.2, 0.25) is 0 Å². The largest absolute Gasteiger partial charge is 0.323 e. The second-order valence-electron chi connectivity index (χ2n) is 4.13. The number of hydrogen-bond acceptors (Lipinski definition) is 2. The first kappa shape index (κ1) is 15.9. The monoisotopic (exact) mass is 421 g/mol. The highest BCUT2D eigenvalue weighted by atomic mass is 79.9. The van der Waals surface area contributed by atoms with Gasteiger partial charge in [-0.15, -0.1) is 11.8 Å². The molecule has 0 aromatic heterocycles. The van der Waals surface area contributed by atoms with Gasteiger partial charge in [0, 0.05) is 26.7 Å². The van der Waals surface area contributed by atoms with Gasteiger partial charge in [0.2, 0.25) is 0 Å². The zero-order valence-corrected chi connectivity index (χ0v) is 14.2. The first-order chi connectivity index (χ1) is 9.49. The van der Waals surface area contributed by atoms with Crippen LogP contribution < -0.4 is 5.73 Å². The number of nitrogens with two attached hydrogens (primary N) is 1. The van der Waals surface area contributed by atoms with E-state index in [1.165, 1.54) is 23.9 Å². The number of rotatable bonds is 4. The number of hydrogen-bond donors (Lipinski definition) is 1. The summed E-state index contributed by atoms with van der Waals surface area (Å²) in [7, 11) is 0. The van der Waals surface area contributed by atoms with Crippen molar-refractivity contribution in [3.05, 3.63) is 62.5 Å². The van der Waals surface area contributed by atoms with Gasteiger partial charge >= 0.3 is 0 Å². The molecule has 1 atom stereocenters. The van der Waals surface area contributed by atoms with Crippen molar-refractivity contribution in [2.75, 3.05) is 5.75 Å². The lowest BCUT2D eigenvalue weighted by molar-refractivity contribution is 0.534. The SMILES string of the molecule is NC(CSc1cccc(Br)c1)c1c(F)ccc(Br)c1F. The van der Waals surface area contributed by atoms with Gasteiger partial charge in [0.1, 0.15) is 11.6 Å². The molecule has 0 fully saturated rings. The van der Waals surface area contributed by atoms with E-state index in [-0.39, 0.29) is 10.0 Å². The fraction of sp³-hybridized carbons (Fsp3) is 0.143. The zero-order valence-electron chi connectivity index (χ0n) is 10.2. The normalized spacial score (nSPS) is 12.4. The molecular formula is C14H11Br2F2NS. The fourth-order valence-corrected chi connectivity index (χ4v) is 3.53. The van der Waals surface area contributed by atoms with Gasteiger partial charge in [0.25, 0.3) is 0 Å². The van der Waals surface area contributed by atoms with E-state index in [1.807, 2.05) is 24.3 Å². The van der Waals surface area contributed by atoms with Crippen LogP contribution in [0.1, 0.15) is 11.6 Å². The molecule has 2 N–H and O–H groups in total. The van der Waals surface area contributed by atoms with Crippen LogP contribution in [-0.4, -0.2) is 5.75 Å². The van der Waals surface area contributed by atoms with Gasteiger partial charge in [-0.2, -0.15) is 0 Å². The molecular weight excluding hydrogens is 412 g/mol. The van der Waals surface area contributed by atoms with Crippen molar-refractivity contribution in [2.24, 2.45) is 5.73 Å². The van der Waals surface area contributed by atoms with Gasteiger partial charge in [-0.3, -0.25) is 0 Å². The minimum Gasteiger partial charge on any atom is -0.323 e. The van der Waals surface area contributed by atoms with Gasteiger partial charge in [0.15, 0.2) is 0 Å². The van der Waals surface area contributed by atoms with Gasteiger partial charge in [0.05, 0.1) is 4.47 Å². The molecule has 0 amide bonds. The van der Waals surface area contributed by atoms with E-state index in [2.05, 4.69) is 31.9 Å². The van der Waals surface area contributed by atoms with Crippen molar-refractivity contribution in [1.29, 1.82) is 0 Å². The van der Waals surface area contributed by atoms with E-state index in [0.717, 1.165) is 9.37 Å². The first-order valence-corrected chi connectivity index (χ1v) is 8.33. The highest BCUT2D eigenvalue weighted by molar-refractivity contribution is 9.10.